The summed E-state index contributed by atoms with van der Waals surface area (Å²) in [4.78, 5) is 2.48. The molecule has 0 spiro atoms. The molecule has 2 aliphatic rings. The summed E-state index contributed by atoms with van der Waals surface area (Å²) >= 11 is 0. The summed E-state index contributed by atoms with van der Waals surface area (Å²) in [5, 5.41) is 6.62. The van der Waals surface area contributed by atoms with Crippen molar-refractivity contribution >= 4 is 0 Å². The minimum Gasteiger partial charge on any atom is -0.316 e. The van der Waals surface area contributed by atoms with Crippen LogP contribution in [0.1, 0.15) is 0 Å². The number of hydrogen-bond acceptors (Lipinski definition) is 3. The van der Waals surface area contributed by atoms with Gasteiger partial charge in [-0.3, -0.25) is 0 Å². The molecule has 2 N–H and O–H groups in total. The number of hydrogen-bond donors (Lipinski definition) is 2. The van der Waals surface area contributed by atoms with Crippen LogP contribution in [-0.4, -0.2) is 51.2 Å². The highest BCUT2D eigenvalue weighted by Crippen LogP contribution is 2.08. The summed E-state index contributed by atoms with van der Waals surface area (Å²) in [5.41, 5.74) is 0. The maximum absolute atomic E-state index is 3.31. The van der Waals surface area contributed by atoms with E-state index in [1.165, 1.54) is 39.3 Å². The molecule has 0 aromatic carbocycles. The van der Waals surface area contributed by atoms with Gasteiger partial charge in [0.05, 0.1) is 0 Å². The standard InChI is InChI=1S/C9H19N3/c1-12(6-8-2-10-3-8)7-9-4-11-5-9/h8-11H,2-7H2,1H3. The predicted molar refractivity (Wildman–Crippen MR) is 50.2 cm³/mol. The van der Waals surface area contributed by atoms with E-state index in [2.05, 4.69) is 22.6 Å². The Morgan fingerprint density at radius 1 is 1.00 bits per heavy atom. The van der Waals surface area contributed by atoms with Crippen molar-refractivity contribution in [1.29, 1.82) is 0 Å². The van der Waals surface area contributed by atoms with Crippen LogP contribution in [0, 0.1) is 11.8 Å². The van der Waals surface area contributed by atoms with E-state index in [1.807, 2.05) is 0 Å². The molecule has 0 aromatic rings. The van der Waals surface area contributed by atoms with Crippen molar-refractivity contribution in [3.05, 3.63) is 0 Å². The Kier molecular flexibility index (Phi) is 2.63. The van der Waals surface area contributed by atoms with E-state index in [-0.39, 0.29) is 0 Å². The van der Waals surface area contributed by atoms with Crippen LogP contribution < -0.4 is 10.6 Å². The highest BCUT2D eigenvalue weighted by Gasteiger charge is 2.22. The number of nitrogens with zero attached hydrogens (tertiary/aromatic N) is 1. The predicted octanol–water partition coefficient (Wildman–Crippen LogP) is -0.643. The van der Waals surface area contributed by atoms with Gasteiger partial charge in [0.15, 0.2) is 0 Å². The van der Waals surface area contributed by atoms with Gasteiger partial charge in [-0.25, -0.2) is 0 Å². The maximum Gasteiger partial charge on any atom is 0.00311 e. The van der Waals surface area contributed by atoms with E-state index in [4.69, 9.17) is 0 Å². The lowest BCUT2D eigenvalue weighted by molar-refractivity contribution is 0.176. The molecular formula is C9H19N3. The number of nitrogens with one attached hydrogen (secondary N) is 2. The zero-order chi connectivity index (χ0) is 8.39. The van der Waals surface area contributed by atoms with Crippen LogP contribution in [0.5, 0.6) is 0 Å². The van der Waals surface area contributed by atoms with Crippen LogP contribution >= 0.6 is 0 Å². The average molecular weight is 169 g/mol. The van der Waals surface area contributed by atoms with Gasteiger partial charge in [-0.2, -0.15) is 0 Å². The minimum absolute atomic E-state index is 0.919. The second kappa shape index (κ2) is 3.73. The van der Waals surface area contributed by atoms with Crippen LogP contribution in [0.3, 0.4) is 0 Å². The lowest BCUT2D eigenvalue weighted by Gasteiger charge is -2.35. The molecule has 70 valence electrons. The highest BCUT2D eigenvalue weighted by atomic mass is 15.1. The van der Waals surface area contributed by atoms with E-state index in [0.29, 0.717) is 0 Å². The third-order valence-corrected chi connectivity index (χ3v) is 2.87. The van der Waals surface area contributed by atoms with Crippen molar-refractivity contribution in [3.63, 3.8) is 0 Å². The van der Waals surface area contributed by atoms with E-state index >= 15 is 0 Å². The molecule has 0 unspecified atom stereocenters. The summed E-state index contributed by atoms with van der Waals surface area (Å²) in [6, 6.07) is 0. The molecule has 3 heteroatoms. The Bertz CT molecular complexity index is 125. The van der Waals surface area contributed by atoms with Crippen molar-refractivity contribution in [2.75, 3.05) is 46.3 Å². The molecule has 3 nitrogen and oxygen atoms in total. The lowest BCUT2D eigenvalue weighted by atomic mass is 10.00. The Morgan fingerprint density at radius 3 is 1.67 bits per heavy atom. The van der Waals surface area contributed by atoms with Crippen LogP contribution in [0.2, 0.25) is 0 Å². The third-order valence-electron chi connectivity index (χ3n) is 2.87. The second-order valence-corrected chi connectivity index (χ2v) is 4.27. The van der Waals surface area contributed by atoms with Gasteiger partial charge in [0.1, 0.15) is 0 Å². The molecule has 0 aromatic heterocycles. The zero-order valence-electron chi connectivity index (χ0n) is 7.84. The molecule has 2 rings (SSSR count). The molecule has 0 bridgehead atoms. The largest absolute Gasteiger partial charge is 0.316 e. The molecule has 2 fully saturated rings. The van der Waals surface area contributed by atoms with Gasteiger partial charge in [0, 0.05) is 39.3 Å². The van der Waals surface area contributed by atoms with Gasteiger partial charge in [0.2, 0.25) is 0 Å². The molecule has 2 aliphatic heterocycles. The van der Waals surface area contributed by atoms with Crippen molar-refractivity contribution in [2.24, 2.45) is 11.8 Å². The van der Waals surface area contributed by atoms with E-state index < -0.39 is 0 Å². The van der Waals surface area contributed by atoms with Gasteiger partial charge in [-0.1, -0.05) is 0 Å². The van der Waals surface area contributed by atoms with Crippen LogP contribution in [-0.2, 0) is 0 Å². The van der Waals surface area contributed by atoms with Gasteiger partial charge in [0.25, 0.3) is 0 Å². The third kappa shape index (κ3) is 1.97. The van der Waals surface area contributed by atoms with Crippen molar-refractivity contribution < 1.29 is 0 Å². The second-order valence-electron chi connectivity index (χ2n) is 4.27. The molecule has 0 saturated carbocycles. The first-order chi connectivity index (χ1) is 5.84. The first kappa shape index (κ1) is 8.48. The van der Waals surface area contributed by atoms with Crippen LogP contribution in [0.4, 0.5) is 0 Å². The molecule has 0 radical (unpaired) electrons. The van der Waals surface area contributed by atoms with Crippen LogP contribution in [0.15, 0.2) is 0 Å². The monoisotopic (exact) mass is 169 g/mol. The molecule has 0 amide bonds. The Morgan fingerprint density at radius 2 is 1.42 bits per heavy atom. The summed E-state index contributed by atoms with van der Waals surface area (Å²) in [5.74, 6) is 1.84. The SMILES string of the molecule is CN(CC1CNC1)CC1CNC1. The summed E-state index contributed by atoms with van der Waals surface area (Å²) in [6.07, 6.45) is 0. The molecule has 2 saturated heterocycles. The fourth-order valence-electron chi connectivity index (χ4n) is 1.91. The molecular weight excluding hydrogens is 150 g/mol. The van der Waals surface area contributed by atoms with Gasteiger partial charge >= 0.3 is 0 Å². The van der Waals surface area contributed by atoms with Gasteiger partial charge in [-0.15, -0.1) is 0 Å². The molecule has 0 atom stereocenters. The zero-order valence-corrected chi connectivity index (χ0v) is 7.84. The smallest absolute Gasteiger partial charge is 0.00311 e. The lowest BCUT2D eigenvalue weighted by Crippen LogP contribution is -2.51. The van der Waals surface area contributed by atoms with E-state index in [0.717, 1.165) is 11.8 Å². The van der Waals surface area contributed by atoms with E-state index in [1.54, 1.807) is 0 Å². The first-order valence-corrected chi connectivity index (χ1v) is 4.94. The van der Waals surface area contributed by atoms with Crippen molar-refractivity contribution in [3.8, 4) is 0 Å². The molecule has 12 heavy (non-hydrogen) atoms. The van der Waals surface area contributed by atoms with Crippen molar-refractivity contribution in [2.45, 2.75) is 0 Å². The Hall–Kier alpha value is -0.120. The Balaban J connectivity index is 1.58. The quantitative estimate of drug-likeness (QED) is 0.586. The maximum atomic E-state index is 3.31. The average Bonchev–Trinajstić information content (AvgIpc) is 1.89. The molecule has 2 heterocycles. The molecule has 0 aliphatic carbocycles. The van der Waals surface area contributed by atoms with Crippen LogP contribution in [0.25, 0.3) is 0 Å². The van der Waals surface area contributed by atoms with Gasteiger partial charge in [-0.05, 0) is 18.9 Å². The summed E-state index contributed by atoms with van der Waals surface area (Å²) in [6.45, 7) is 7.48. The topological polar surface area (TPSA) is 27.3 Å². The fraction of sp³-hybridized carbons (Fsp3) is 1.00. The van der Waals surface area contributed by atoms with Gasteiger partial charge < -0.3 is 15.5 Å². The van der Waals surface area contributed by atoms with Crippen molar-refractivity contribution in [1.82, 2.24) is 15.5 Å². The first-order valence-electron chi connectivity index (χ1n) is 4.94. The highest BCUT2D eigenvalue weighted by molar-refractivity contribution is 4.81. The Labute approximate surface area is 74.5 Å². The fourth-order valence-corrected chi connectivity index (χ4v) is 1.91. The minimum atomic E-state index is 0.919. The normalized spacial score (nSPS) is 25.5. The van der Waals surface area contributed by atoms with E-state index in [9.17, 15) is 0 Å². The summed E-state index contributed by atoms with van der Waals surface area (Å²) in [7, 11) is 2.25. The summed E-state index contributed by atoms with van der Waals surface area (Å²) < 4.78 is 0. The number of rotatable bonds is 4.